The molecule has 0 aromatic rings. The van der Waals surface area contributed by atoms with Gasteiger partial charge in [-0.05, 0) is 4.83 Å². The van der Waals surface area contributed by atoms with Crippen molar-refractivity contribution in [1.82, 2.24) is 10.2 Å². The Morgan fingerprint density at radius 1 is 1.57 bits per heavy atom. The highest BCUT2D eigenvalue weighted by Crippen LogP contribution is 2.14. The van der Waals surface area contributed by atoms with Gasteiger partial charge in [0.25, 0.3) is 0 Å². The second-order valence-corrected chi connectivity index (χ2v) is 3.29. The van der Waals surface area contributed by atoms with Crippen molar-refractivity contribution in [3.63, 3.8) is 0 Å². The Hall–Kier alpha value is -1.22. The van der Waals surface area contributed by atoms with Gasteiger partial charge in [-0.1, -0.05) is 5.92 Å². The Labute approximate surface area is 89.6 Å². The van der Waals surface area contributed by atoms with Crippen LogP contribution in [0.4, 0.5) is 4.79 Å². The molecule has 0 aromatic heterocycles. The smallest absolute Gasteiger partial charge is 0.405 e. The van der Waals surface area contributed by atoms with Crippen molar-refractivity contribution in [3.8, 4) is 10.8 Å². The van der Waals surface area contributed by atoms with E-state index < -0.39 is 6.09 Å². The van der Waals surface area contributed by atoms with E-state index in [4.69, 9.17) is 5.11 Å². The van der Waals surface area contributed by atoms with Crippen molar-refractivity contribution < 1.29 is 14.7 Å². The molecule has 14 heavy (non-hydrogen) atoms. The molecule has 0 atom stereocenters. The molecule has 76 valence electrons. The molecule has 0 bridgehead atoms. The van der Waals surface area contributed by atoms with Crippen molar-refractivity contribution in [2.75, 3.05) is 19.6 Å². The van der Waals surface area contributed by atoms with Crippen LogP contribution in [0.25, 0.3) is 0 Å². The van der Waals surface area contributed by atoms with Gasteiger partial charge in [0.1, 0.15) is 6.54 Å². The maximum atomic E-state index is 11.2. The topological polar surface area (TPSA) is 69.6 Å². The third-order valence-electron chi connectivity index (χ3n) is 1.88. The van der Waals surface area contributed by atoms with E-state index in [1.165, 1.54) is 0 Å². The van der Waals surface area contributed by atoms with E-state index in [2.05, 4.69) is 26.7 Å². The van der Waals surface area contributed by atoms with Crippen LogP contribution in [0.1, 0.15) is 0 Å². The molecule has 5 nitrogen and oxygen atoms in total. The van der Waals surface area contributed by atoms with E-state index in [-0.39, 0.29) is 18.4 Å². The number of carbonyl (C=O) groups is 2. The minimum absolute atomic E-state index is 0.163. The highest BCUT2D eigenvalue weighted by molar-refractivity contribution is 9.12. The van der Waals surface area contributed by atoms with Gasteiger partial charge < -0.3 is 15.3 Å². The number of amides is 2. The summed E-state index contributed by atoms with van der Waals surface area (Å²) >= 11 is 2.98. The maximum Gasteiger partial charge on any atom is 0.405 e. The van der Waals surface area contributed by atoms with Crippen molar-refractivity contribution in [3.05, 3.63) is 0 Å². The number of rotatable bonds is 2. The molecule has 0 unspecified atom stereocenters. The van der Waals surface area contributed by atoms with Gasteiger partial charge in [-0.25, -0.2) is 4.79 Å². The first-order chi connectivity index (χ1) is 6.63. The van der Waals surface area contributed by atoms with Gasteiger partial charge in [-0.15, -0.1) is 0 Å². The van der Waals surface area contributed by atoms with E-state index >= 15 is 0 Å². The average Bonchev–Trinajstić information content (AvgIpc) is 2.06. The average molecular weight is 261 g/mol. The second kappa shape index (κ2) is 4.86. The molecular formula is C8H9BrN2O3. The standard InChI is InChI=1S/C8H9BrN2O3/c9-2-1-6-4-11(5-6)7(12)3-10-8(13)14/h6,10H,3-5H2,(H,13,14). The quantitative estimate of drug-likeness (QED) is 0.691. The third-order valence-corrected chi connectivity index (χ3v) is 2.11. The number of carbonyl (C=O) groups excluding carboxylic acids is 1. The normalized spacial score (nSPS) is 15.1. The Morgan fingerprint density at radius 3 is 2.71 bits per heavy atom. The molecule has 1 aliphatic rings. The van der Waals surface area contributed by atoms with Crippen LogP contribution in [0.15, 0.2) is 0 Å². The molecule has 1 saturated heterocycles. The molecule has 0 aliphatic carbocycles. The first-order valence-electron chi connectivity index (χ1n) is 3.99. The number of likely N-dealkylation sites (tertiary alicyclic amines) is 1. The van der Waals surface area contributed by atoms with Gasteiger partial charge in [0.2, 0.25) is 5.91 Å². The van der Waals surface area contributed by atoms with Gasteiger partial charge in [-0.2, -0.15) is 0 Å². The first kappa shape index (κ1) is 10.9. The predicted octanol–water partition coefficient (Wildman–Crippen LogP) is 0.0682. The van der Waals surface area contributed by atoms with Gasteiger partial charge in [0.05, 0.1) is 5.92 Å². The van der Waals surface area contributed by atoms with Crippen LogP contribution in [-0.2, 0) is 4.79 Å². The molecule has 1 aliphatic heterocycles. The summed E-state index contributed by atoms with van der Waals surface area (Å²) in [5, 5.41) is 10.3. The van der Waals surface area contributed by atoms with Crippen LogP contribution in [0.2, 0.25) is 0 Å². The minimum Gasteiger partial charge on any atom is -0.465 e. The summed E-state index contributed by atoms with van der Waals surface area (Å²) in [7, 11) is 0. The number of halogens is 1. The largest absolute Gasteiger partial charge is 0.465 e. The molecule has 0 radical (unpaired) electrons. The molecule has 0 saturated carbocycles. The predicted molar refractivity (Wildman–Crippen MR) is 52.8 cm³/mol. The second-order valence-electron chi connectivity index (χ2n) is 2.89. The zero-order valence-electron chi connectivity index (χ0n) is 7.29. The molecule has 2 N–H and O–H groups in total. The fourth-order valence-electron chi connectivity index (χ4n) is 1.11. The lowest BCUT2D eigenvalue weighted by Gasteiger charge is -2.36. The lowest BCUT2D eigenvalue weighted by Crippen LogP contribution is -2.52. The summed E-state index contributed by atoms with van der Waals surface area (Å²) in [6.45, 7) is 1.00. The first-order valence-corrected chi connectivity index (χ1v) is 4.78. The summed E-state index contributed by atoms with van der Waals surface area (Å²) in [5.74, 6) is 2.87. The van der Waals surface area contributed by atoms with Gasteiger partial charge >= 0.3 is 6.09 Å². The molecule has 0 aromatic carbocycles. The summed E-state index contributed by atoms with van der Waals surface area (Å²) in [6, 6.07) is 0. The van der Waals surface area contributed by atoms with Gasteiger partial charge in [-0.3, -0.25) is 4.79 Å². The monoisotopic (exact) mass is 260 g/mol. The highest BCUT2D eigenvalue weighted by Gasteiger charge is 2.28. The highest BCUT2D eigenvalue weighted by atomic mass is 79.9. The van der Waals surface area contributed by atoms with Crippen molar-refractivity contribution in [1.29, 1.82) is 0 Å². The lowest BCUT2D eigenvalue weighted by atomic mass is 10.0. The molecule has 1 rings (SSSR count). The van der Waals surface area contributed by atoms with Gasteiger partial charge in [0.15, 0.2) is 0 Å². The molecular weight excluding hydrogens is 252 g/mol. The summed E-state index contributed by atoms with van der Waals surface area (Å²) in [6.07, 6.45) is -1.18. The molecule has 6 heteroatoms. The number of hydrogen-bond donors (Lipinski definition) is 2. The zero-order chi connectivity index (χ0) is 10.6. The van der Waals surface area contributed by atoms with E-state index in [0.717, 1.165) is 0 Å². The Morgan fingerprint density at radius 2 is 2.21 bits per heavy atom. The lowest BCUT2D eigenvalue weighted by molar-refractivity contribution is -0.135. The Kier molecular flexibility index (Phi) is 3.77. The van der Waals surface area contributed by atoms with E-state index in [0.29, 0.717) is 13.1 Å². The van der Waals surface area contributed by atoms with Crippen LogP contribution >= 0.6 is 15.9 Å². The maximum absolute atomic E-state index is 11.2. The number of hydrogen-bond acceptors (Lipinski definition) is 2. The van der Waals surface area contributed by atoms with Crippen molar-refractivity contribution in [2.45, 2.75) is 0 Å². The Bertz CT molecular complexity index is 301. The van der Waals surface area contributed by atoms with E-state index in [1.807, 2.05) is 5.32 Å². The zero-order valence-corrected chi connectivity index (χ0v) is 8.87. The third kappa shape index (κ3) is 2.92. The van der Waals surface area contributed by atoms with Crippen LogP contribution in [0.5, 0.6) is 0 Å². The summed E-state index contributed by atoms with van der Waals surface area (Å²) in [5.41, 5.74) is 0. The van der Waals surface area contributed by atoms with Crippen LogP contribution in [-0.4, -0.2) is 41.6 Å². The van der Waals surface area contributed by atoms with E-state index in [9.17, 15) is 9.59 Å². The minimum atomic E-state index is -1.18. The fourth-order valence-corrected chi connectivity index (χ4v) is 1.44. The number of carboxylic acid groups (broad SMARTS) is 1. The molecule has 2 amide bonds. The van der Waals surface area contributed by atoms with Crippen LogP contribution in [0, 0.1) is 16.7 Å². The SMILES string of the molecule is O=C(O)NCC(=O)N1CC(C#CBr)C1. The van der Waals surface area contributed by atoms with E-state index in [1.54, 1.807) is 4.90 Å². The Balaban J connectivity index is 2.21. The summed E-state index contributed by atoms with van der Waals surface area (Å²) in [4.78, 5) is 25.5. The van der Waals surface area contributed by atoms with Crippen molar-refractivity contribution in [2.24, 2.45) is 5.92 Å². The summed E-state index contributed by atoms with van der Waals surface area (Å²) < 4.78 is 0. The van der Waals surface area contributed by atoms with Crippen LogP contribution < -0.4 is 5.32 Å². The van der Waals surface area contributed by atoms with Crippen molar-refractivity contribution >= 4 is 27.9 Å². The fraction of sp³-hybridized carbons (Fsp3) is 0.500. The number of nitrogens with zero attached hydrogens (tertiary/aromatic N) is 1. The molecule has 0 spiro atoms. The van der Waals surface area contributed by atoms with Gasteiger partial charge in [0, 0.05) is 29.0 Å². The van der Waals surface area contributed by atoms with Crippen LogP contribution in [0.3, 0.4) is 0 Å². The molecule has 1 fully saturated rings. The number of nitrogens with one attached hydrogen (secondary N) is 1. The molecule has 1 heterocycles.